The summed E-state index contributed by atoms with van der Waals surface area (Å²) >= 11 is 0. The maximum atomic E-state index is 12.7. The second-order valence-corrected chi connectivity index (χ2v) is 6.74. The number of hydrogen-bond acceptors (Lipinski definition) is 6. The van der Waals surface area contributed by atoms with Crippen molar-refractivity contribution < 1.29 is 14.3 Å². The summed E-state index contributed by atoms with van der Waals surface area (Å²) in [7, 11) is 3.16. The Kier molecular flexibility index (Phi) is 5.97. The standard InChI is InChI=1S/C22H24N4O3/c1-13-8-14(2)10-16(9-13)24-21(27)19-11-15(3)23-22(26-19)25-18-12-17(28-4)6-7-20(18)29-5/h6-12H,1-5H3,(H,24,27)(H,23,25,26). The predicted octanol–water partition coefficient (Wildman–Crippen LogP) is 4.41. The number of hydrogen-bond donors (Lipinski definition) is 2. The van der Waals surface area contributed by atoms with Crippen LogP contribution in [0, 0.1) is 20.8 Å². The Labute approximate surface area is 170 Å². The molecule has 7 nitrogen and oxygen atoms in total. The Hall–Kier alpha value is -3.61. The van der Waals surface area contributed by atoms with Gasteiger partial charge < -0.3 is 20.1 Å². The van der Waals surface area contributed by atoms with Crippen LogP contribution in [0.5, 0.6) is 11.5 Å². The molecule has 0 aliphatic carbocycles. The highest BCUT2D eigenvalue weighted by atomic mass is 16.5. The summed E-state index contributed by atoms with van der Waals surface area (Å²) in [5, 5.41) is 6.01. The van der Waals surface area contributed by atoms with Crippen molar-refractivity contribution >= 4 is 23.2 Å². The van der Waals surface area contributed by atoms with Gasteiger partial charge in [-0.2, -0.15) is 0 Å². The second kappa shape index (κ2) is 8.60. The molecule has 7 heteroatoms. The molecule has 0 saturated heterocycles. The van der Waals surface area contributed by atoms with Crippen LogP contribution in [-0.4, -0.2) is 30.1 Å². The zero-order valence-electron chi connectivity index (χ0n) is 17.2. The maximum Gasteiger partial charge on any atom is 0.274 e. The number of methoxy groups -OCH3 is 2. The molecule has 0 atom stereocenters. The smallest absolute Gasteiger partial charge is 0.274 e. The molecular formula is C22H24N4O3. The summed E-state index contributed by atoms with van der Waals surface area (Å²) in [6, 6.07) is 12.9. The Balaban J connectivity index is 1.87. The van der Waals surface area contributed by atoms with E-state index >= 15 is 0 Å². The summed E-state index contributed by atoms with van der Waals surface area (Å²) in [5.41, 5.74) is 4.44. The van der Waals surface area contributed by atoms with E-state index in [1.165, 1.54) is 0 Å². The summed E-state index contributed by atoms with van der Waals surface area (Å²) in [6.07, 6.45) is 0. The summed E-state index contributed by atoms with van der Waals surface area (Å²) in [6.45, 7) is 5.78. The highest BCUT2D eigenvalue weighted by Gasteiger charge is 2.13. The molecule has 2 aromatic carbocycles. The normalized spacial score (nSPS) is 10.4. The molecule has 0 unspecified atom stereocenters. The molecule has 0 fully saturated rings. The van der Waals surface area contributed by atoms with Crippen molar-refractivity contribution in [2.24, 2.45) is 0 Å². The van der Waals surface area contributed by atoms with Crippen molar-refractivity contribution in [3.63, 3.8) is 0 Å². The van der Waals surface area contributed by atoms with Crippen molar-refractivity contribution in [1.29, 1.82) is 0 Å². The van der Waals surface area contributed by atoms with Crippen molar-refractivity contribution in [3.8, 4) is 11.5 Å². The number of anilines is 3. The van der Waals surface area contributed by atoms with Gasteiger partial charge in [-0.05, 0) is 62.2 Å². The number of carbonyl (C=O) groups excluding carboxylic acids is 1. The van der Waals surface area contributed by atoms with E-state index in [1.807, 2.05) is 39.0 Å². The molecule has 2 N–H and O–H groups in total. The van der Waals surface area contributed by atoms with Crippen molar-refractivity contribution in [2.45, 2.75) is 20.8 Å². The van der Waals surface area contributed by atoms with Gasteiger partial charge in [-0.25, -0.2) is 9.97 Å². The molecule has 1 amide bonds. The zero-order chi connectivity index (χ0) is 21.0. The lowest BCUT2D eigenvalue weighted by Gasteiger charge is -2.13. The number of benzene rings is 2. The van der Waals surface area contributed by atoms with Gasteiger partial charge in [0.1, 0.15) is 17.2 Å². The number of rotatable bonds is 6. The molecule has 0 bridgehead atoms. The molecule has 3 rings (SSSR count). The molecule has 150 valence electrons. The van der Waals surface area contributed by atoms with Gasteiger partial charge in [-0.15, -0.1) is 0 Å². The summed E-state index contributed by atoms with van der Waals surface area (Å²) in [5.74, 6) is 1.26. The highest BCUT2D eigenvalue weighted by molar-refractivity contribution is 6.03. The van der Waals surface area contributed by atoms with Crippen LogP contribution in [0.1, 0.15) is 27.3 Å². The van der Waals surface area contributed by atoms with Crippen LogP contribution >= 0.6 is 0 Å². The third-order valence-electron chi connectivity index (χ3n) is 4.22. The van der Waals surface area contributed by atoms with E-state index in [4.69, 9.17) is 9.47 Å². The van der Waals surface area contributed by atoms with Crippen LogP contribution in [0.4, 0.5) is 17.3 Å². The van der Waals surface area contributed by atoms with Crippen molar-refractivity contribution in [2.75, 3.05) is 24.9 Å². The molecule has 1 heterocycles. The van der Waals surface area contributed by atoms with Gasteiger partial charge in [-0.1, -0.05) is 6.07 Å². The largest absolute Gasteiger partial charge is 0.497 e. The van der Waals surface area contributed by atoms with Gasteiger partial charge >= 0.3 is 0 Å². The van der Waals surface area contributed by atoms with Gasteiger partial charge in [0.05, 0.1) is 19.9 Å². The van der Waals surface area contributed by atoms with Gasteiger partial charge in [-0.3, -0.25) is 4.79 Å². The van der Waals surface area contributed by atoms with E-state index in [-0.39, 0.29) is 11.6 Å². The molecule has 0 aliphatic heterocycles. The van der Waals surface area contributed by atoms with Gasteiger partial charge in [0.2, 0.25) is 5.95 Å². The van der Waals surface area contributed by atoms with Crippen LogP contribution in [0.25, 0.3) is 0 Å². The first-order valence-corrected chi connectivity index (χ1v) is 9.12. The third kappa shape index (κ3) is 5.01. The first-order valence-electron chi connectivity index (χ1n) is 9.12. The third-order valence-corrected chi connectivity index (χ3v) is 4.22. The molecule has 0 radical (unpaired) electrons. The minimum atomic E-state index is -0.304. The Morgan fingerprint density at radius 3 is 2.28 bits per heavy atom. The van der Waals surface area contributed by atoms with Crippen LogP contribution in [0.2, 0.25) is 0 Å². The molecule has 1 aromatic heterocycles. The lowest BCUT2D eigenvalue weighted by Crippen LogP contribution is -2.15. The van der Waals surface area contributed by atoms with Crippen LogP contribution in [0.3, 0.4) is 0 Å². The molecule has 0 aliphatic rings. The number of aromatic nitrogens is 2. The monoisotopic (exact) mass is 392 g/mol. The van der Waals surface area contributed by atoms with Crippen LogP contribution < -0.4 is 20.1 Å². The predicted molar refractivity (Wildman–Crippen MR) is 113 cm³/mol. The highest BCUT2D eigenvalue weighted by Crippen LogP contribution is 2.30. The number of nitrogens with zero attached hydrogens (tertiary/aromatic N) is 2. The van der Waals surface area contributed by atoms with E-state index in [9.17, 15) is 4.79 Å². The van der Waals surface area contributed by atoms with Crippen molar-refractivity contribution in [3.05, 3.63) is 65.0 Å². The maximum absolute atomic E-state index is 12.7. The Morgan fingerprint density at radius 1 is 0.897 bits per heavy atom. The van der Waals surface area contributed by atoms with Crippen LogP contribution in [-0.2, 0) is 0 Å². The lowest BCUT2D eigenvalue weighted by atomic mass is 10.1. The lowest BCUT2D eigenvalue weighted by molar-refractivity contribution is 0.102. The SMILES string of the molecule is COc1ccc(OC)c(Nc2nc(C)cc(C(=O)Nc3cc(C)cc(C)c3)n2)c1. The Bertz CT molecular complexity index is 1030. The fraction of sp³-hybridized carbons (Fsp3) is 0.227. The van der Waals surface area contributed by atoms with Crippen molar-refractivity contribution in [1.82, 2.24) is 9.97 Å². The van der Waals surface area contributed by atoms with E-state index in [0.717, 1.165) is 16.8 Å². The van der Waals surface area contributed by atoms with Gasteiger partial charge in [0.15, 0.2) is 0 Å². The number of nitrogens with one attached hydrogen (secondary N) is 2. The number of amides is 1. The minimum Gasteiger partial charge on any atom is -0.497 e. The molecule has 29 heavy (non-hydrogen) atoms. The second-order valence-electron chi connectivity index (χ2n) is 6.74. The van der Waals surface area contributed by atoms with E-state index in [1.54, 1.807) is 38.5 Å². The average molecular weight is 392 g/mol. The molecular weight excluding hydrogens is 368 g/mol. The fourth-order valence-corrected chi connectivity index (χ4v) is 3.01. The number of carbonyl (C=O) groups is 1. The zero-order valence-corrected chi connectivity index (χ0v) is 17.2. The van der Waals surface area contributed by atoms with Gasteiger partial charge in [0, 0.05) is 17.4 Å². The molecule has 3 aromatic rings. The Morgan fingerprint density at radius 2 is 1.62 bits per heavy atom. The van der Waals surface area contributed by atoms with E-state index in [0.29, 0.717) is 28.8 Å². The number of ether oxygens (including phenoxy) is 2. The fourth-order valence-electron chi connectivity index (χ4n) is 3.01. The number of aryl methyl sites for hydroxylation is 3. The minimum absolute atomic E-state index is 0.265. The molecule has 0 saturated carbocycles. The first-order chi connectivity index (χ1) is 13.9. The summed E-state index contributed by atoms with van der Waals surface area (Å²) in [4.78, 5) is 21.5. The van der Waals surface area contributed by atoms with E-state index < -0.39 is 0 Å². The van der Waals surface area contributed by atoms with E-state index in [2.05, 4.69) is 20.6 Å². The van der Waals surface area contributed by atoms with Crippen LogP contribution in [0.15, 0.2) is 42.5 Å². The topological polar surface area (TPSA) is 85.4 Å². The van der Waals surface area contributed by atoms with Gasteiger partial charge in [0.25, 0.3) is 5.91 Å². The first kappa shape index (κ1) is 20.1. The quantitative estimate of drug-likeness (QED) is 0.646. The summed E-state index contributed by atoms with van der Waals surface area (Å²) < 4.78 is 10.6. The molecule has 0 spiro atoms. The average Bonchev–Trinajstić information content (AvgIpc) is 2.66.